The molecule has 1 aliphatic heterocycles. The summed E-state index contributed by atoms with van der Waals surface area (Å²) in [5.74, 6) is 2.10. The summed E-state index contributed by atoms with van der Waals surface area (Å²) < 4.78 is 11.4. The summed E-state index contributed by atoms with van der Waals surface area (Å²) >= 11 is 0. The van der Waals surface area contributed by atoms with Crippen LogP contribution in [0.25, 0.3) is 0 Å². The zero-order valence-electron chi connectivity index (χ0n) is 10.2. The predicted molar refractivity (Wildman–Crippen MR) is 64.4 cm³/mol. The van der Waals surface area contributed by atoms with Gasteiger partial charge in [-0.25, -0.2) is 0 Å². The topological polar surface area (TPSA) is 44.5 Å². The van der Waals surface area contributed by atoms with Crippen LogP contribution in [0.3, 0.4) is 0 Å². The fraction of sp³-hybridized carbons (Fsp3) is 0.538. The first-order valence-electron chi connectivity index (χ1n) is 5.75. The van der Waals surface area contributed by atoms with Crippen molar-refractivity contribution in [2.24, 2.45) is 5.73 Å². The number of aryl methyl sites for hydroxylation is 1. The van der Waals surface area contributed by atoms with E-state index in [1.54, 1.807) is 0 Å². The molecule has 1 aliphatic rings. The van der Waals surface area contributed by atoms with Crippen LogP contribution in [0.15, 0.2) is 6.07 Å². The highest BCUT2D eigenvalue weighted by atomic mass is 16.6. The highest BCUT2D eigenvalue weighted by Crippen LogP contribution is 2.41. The van der Waals surface area contributed by atoms with Crippen LogP contribution in [0.2, 0.25) is 0 Å². The van der Waals surface area contributed by atoms with Crippen LogP contribution < -0.4 is 15.2 Å². The van der Waals surface area contributed by atoms with Gasteiger partial charge >= 0.3 is 0 Å². The molecule has 3 nitrogen and oxygen atoms in total. The minimum absolute atomic E-state index is 0.301. The van der Waals surface area contributed by atoms with E-state index >= 15 is 0 Å². The molecule has 16 heavy (non-hydrogen) atoms. The Balaban J connectivity index is 2.57. The molecule has 1 unspecified atom stereocenters. The number of nitrogens with two attached hydrogens (primary N) is 1. The summed E-state index contributed by atoms with van der Waals surface area (Å²) in [5.41, 5.74) is 9.30. The summed E-state index contributed by atoms with van der Waals surface area (Å²) in [6.07, 6.45) is 0. The molecule has 0 radical (unpaired) electrons. The molecule has 1 heterocycles. The lowest BCUT2D eigenvalue weighted by Crippen LogP contribution is -2.20. The van der Waals surface area contributed by atoms with Crippen molar-refractivity contribution in [2.75, 3.05) is 19.8 Å². The molecule has 1 atom stereocenters. The summed E-state index contributed by atoms with van der Waals surface area (Å²) in [6.45, 7) is 8.16. The molecular formula is C13H19NO2. The molecule has 2 rings (SSSR count). The van der Waals surface area contributed by atoms with Gasteiger partial charge in [0.1, 0.15) is 13.2 Å². The summed E-state index contributed by atoms with van der Waals surface area (Å²) in [6, 6.07) is 2.17. The van der Waals surface area contributed by atoms with E-state index in [9.17, 15) is 0 Å². The first kappa shape index (κ1) is 11.3. The van der Waals surface area contributed by atoms with Gasteiger partial charge in [-0.05, 0) is 37.4 Å². The molecule has 0 aliphatic carbocycles. The fourth-order valence-electron chi connectivity index (χ4n) is 1.99. The van der Waals surface area contributed by atoms with Gasteiger partial charge in [-0.15, -0.1) is 0 Å². The third-order valence-corrected chi connectivity index (χ3v) is 3.23. The first-order valence-corrected chi connectivity index (χ1v) is 5.75. The van der Waals surface area contributed by atoms with Crippen molar-refractivity contribution in [2.45, 2.75) is 26.7 Å². The number of fused-ring (bicyclic) bond motifs is 1. The molecular weight excluding hydrogens is 202 g/mol. The van der Waals surface area contributed by atoms with Gasteiger partial charge in [-0.1, -0.05) is 13.0 Å². The molecule has 2 N–H and O–H groups in total. The molecule has 0 saturated heterocycles. The molecule has 88 valence electrons. The molecule has 0 aromatic heterocycles. The van der Waals surface area contributed by atoms with E-state index < -0.39 is 0 Å². The van der Waals surface area contributed by atoms with Crippen LogP contribution in [0, 0.1) is 13.8 Å². The molecule has 0 amide bonds. The largest absolute Gasteiger partial charge is 0.486 e. The molecule has 0 spiro atoms. The average molecular weight is 221 g/mol. The van der Waals surface area contributed by atoms with Crippen molar-refractivity contribution in [3.05, 3.63) is 22.8 Å². The molecule has 1 aromatic carbocycles. The minimum Gasteiger partial charge on any atom is -0.486 e. The molecule has 0 fully saturated rings. The van der Waals surface area contributed by atoms with E-state index in [0.717, 1.165) is 11.5 Å². The number of hydrogen-bond donors (Lipinski definition) is 1. The van der Waals surface area contributed by atoms with Gasteiger partial charge in [-0.2, -0.15) is 0 Å². The normalized spacial score (nSPS) is 16.0. The SMILES string of the molecule is Cc1cc(C(C)CN)c2c(c1C)OCCO2. The van der Waals surface area contributed by atoms with Crippen LogP contribution in [0.4, 0.5) is 0 Å². The van der Waals surface area contributed by atoms with Crippen LogP contribution in [-0.2, 0) is 0 Å². The summed E-state index contributed by atoms with van der Waals surface area (Å²) in [5, 5.41) is 0. The van der Waals surface area contributed by atoms with Crippen molar-refractivity contribution < 1.29 is 9.47 Å². The number of ether oxygens (including phenoxy) is 2. The van der Waals surface area contributed by atoms with Crippen LogP contribution >= 0.6 is 0 Å². The fourth-order valence-corrected chi connectivity index (χ4v) is 1.99. The Morgan fingerprint density at radius 3 is 2.50 bits per heavy atom. The quantitative estimate of drug-likeness (QED) is 0.832. The smallest absolute Gasteiger partial charge is 0.165 e. The Kier molecular flexibility index (Phi) is 3.06. The predicted octanol–water partition coefficient (Wildman–Crippen LogP) is 2.14. The van der Waals surface area contributed by atoms with E-state index in [4.69, 9.17) is 15.2 Å². The van der Waals surface area contributed by atoms with E-state index in [2.05, 4.69) is 26.8 Å². The van der Waals surface area contributed by atoms with Gasteiger partial charge in [0.2, 0.25) is 0 Å². The van der Waals surface area contributed by atoms with Gasteiger partial charge in [0.25, 0.3) is 0 Å². The standard InChI is InChI=1S/C13H19NO2/c1-8-6-11(9(2)7-14)13-12(10(8)3)15-4-5-16-13/h6,9H,4-5,7,14H2,1-3H3. The molecule has 0 bridgehead atoms. The monoisotopic (exact) mass is 221 g/mol. The first-order chi connectivity index (χ1) is 7.65. The van der Waals surface area contributed by atoms with Gasteiger partial charge in [-0.3, -0.25) is 0 Å². The lowest BCUT2D eigenvalue weighted by molar-refractivity contribution is 0.168. The van der Waals surface area contributed by atoms with Gasteiger partial charge < -0.3 is 15.2 Å². The van der Waals surface area contributed by atoms with E-state index in [-0.39, 0.29) is 0 Å². The summed E-state index contributed by atoms with van der Waals surface area (Å²) in [4.78, 5) is 0. The Morgan fingerprint density at radius 1 is 1.25 bits per heavy atom. The number of benzene rings is 1. The second-order valence-electron chi connectivity index (χ2n) is 4.40. The van der Waals surface area contributed by atoms with E-state index in [1.807, 2.05) is 0 Å². The third-order valence-electron chi connectivity index (χ3n) is 3.23. The minimum atomic E-state index is 0.301. The lowest BCUT2D eigenvalue weighted by atomic mass is 9.94. The average Bonchev–Trinajstić information content (AvgIpc) is 2.33. The van der Waals surface area contributed by atoms with Crippen LogP contribution in [0.1, 0.15) is 29.5 Å². The third kappa shape index (κ3) is 1.76. The van der Waals surface area contributed by atoms with Crippen molar-refractivity contribution >= 4 is 0 Å². The number of hydrogen-bond acceptors (Lipinski definition) is 3. The zero-order valence-corrected chi connectivity index (χ0v) is 10.2. The molecule has 0 saturated carbocycles. The summed E-state index contributed by atoms with van der Waals surface area (Å²) in [7, 11) is 0. The second-order valence-corrected chi connectivity index (χ2v) is 4.40. The Morgan fingerprint density at radius 2 is 1.88 bits per heavy atom. The van der Waals surface area contributed by atoms with Crippen molar-refractivity contribution in [3.8, 4) is 11.5 Å². The zero-order chi connectivity index (χ0) is 11.7. The maximum Gasteiger partial charge on any atom is 0.165 e. The molecule has 3 heteroatoms. The Hall–Kier alpha value is -1.22. The second kappa shape index (κ2) is 4.34. The highest BCUT2D eigenvalue weighted by molar-refractivity contribution is 5.56. The van der Waals surface area contributed by atoms with E-state index in [1.165, 1.54) is 16.7 Å². The maximum atomic E-state index is 5.73. The number of rotatable bonds is 2. The lowest BCUT2D eigenvalue weighted by Gasteiger charge is -2.26. The van der Waals surface area contributed by atoms with Crippen molar-refractivity contribution in [1.82, 2.24) is 0 Å². The van der Waals surface area contributed by atoms with Crippen LogP contribution in [-0.4, -0.2) is 19.8 Å². The van der Waals surface area contributed by atoms with Gasteiger partial charge in [0, 0.05) is 5.56 Å². The van der Waals surface area contributed by atoms with Crippen molar-refractivity contribution in [1.29, 1.82) is 0 Å². The Labute approximate surface area is 96.5 Å². The van der Waals surface area contributed by atoms with Gasteiger partial charge in [0.05, 0.1) is 0 Å². The van der Waals surface area contributed by atoms with E-state index in [0.29, 0.717) is 25.7 Å². The Bertz CT molecular complexity index is 401. The highest BCUT2D eigenvalue weighted by Gasteiger charge is 2.22. The van der Waals surface area contributed by atoms with Gasteiger partial charge in [0.15, 0.2) is 11.5 Å². The maximum absolute atomic E-state index is 5.73. The van der Waals surface area contributed by atoms with Crippen molar-refractivity contribution in [3.63, 3.8) is 0 Å². The van der Waals surface area contributed by atoms with Crippen LogP contribution in [0.5, 0.6) is 11.5 Å². The molecule has 1 aromatic rings.